The molecule has 3 nitrogen and oxygen atoms in total. The minimum atomic E-state index is 0.00447. The average Bonchev–Trinajstić information content (AvgIpc) is 2.33. The molecule has 1 aromatic rings. The summed E-state index contributed by atoms with van der Waals surface area (Å²) in [5.74, 6) is 0.957. The monoisotopic (exact) mass is 239 g/mol. The van der Waals surface area contributed by atoms with Gasteiger partial charge in [0.2, 0.25) is 5.91 Å². The van der Waals surface area contributed by atoms with Gasteiger partial charge in [0.05, 0.1) is 6.61 Å². The Hall–Kier alpha value is -1.00. The second kappa shape index (κ2) is 8.19. The fourth-order valence-electron chi connectivity index (χ4n) is 1.22. The lowest BCUT2D eigenvalue weighted by atomic mass is 10.3. The Morgan fingerprint density at radius 1 is 1.31 bits per heavy atom. The van der Waals surface area contributed by atoms with Crippen LogP contribution in [0, 0.1) is 0 Å². The van der Waals surface area contributed by atoms with Crippen LogP contribution in [0.4, 0.5) is 0 Å². The molecule has 0 aromatic heterocycles. The van der Waals surface area contributed by atoms with E-state index >= 15 is 0 Å². The first-order chi connectivity index (χ1) is 7.83. The summed E-state index contributed by atoms with van der Waals surface area (Å²) in [4.78, 5) is 12.4. The van der Waals surface area contributed by atoms with Crippen LogP contribution in [0.5, 0.6) is 0 Å². The summed E-state index contributed by atoms with van der Waals surface area (Å²) in [6.07, 6.45) is 1.39. The Kier molecular flexibility index (Phi) is 6.69. The summed E-state index contributed by atoms with van der Waals surface area (Å²) < 4.78 is 0. The van der Waals surface area contributed by atoms with E-state index in [0.717, 1.165) is 12.2 Å². The Labute approximate surface area is 100 Å². The molecule has 16 heavy (non-hydrogen) atoms. The number of aliphatic hydroxyl groups excluding tert-OH is 1. The zero-order valence-electron chi connectivity index (χ0n) is 9.19. The Morgan fingerprint density at radius 3 is 2.75 bits per heavy atom. The predicted molar refractivity (Wildman–Crippen MR) is 66.5 cm³/mol. The SMILES string of the molecule is O=C(CCCSc1ccccc1)NCCO. The van der Waals surface area contributed by atoms with Crippen molar-refractivity contribution in [1.82, 2.24) is 5.32 Å². The highest BCUT2D eigenvalue weighted by molar-refractivity contribution is 7.99. The summed E-state index contributed by atoms with van der Waals surface area (Å²) in [7, 11) is 0. The molecule has 0 radical (unpaired) electrons. The molecule has 0 heterocycles. The minimum Gasteiger partial charge on any atom is -0.395 e. The smallest absolute Gasteiger partial charge is 0.220 e. The van der Waals surface area contributed by atoms with Crippen molar-refractivity contribution in [2.24, 2.45) is 0 Å². The van der Waals surface area contributed by atoms with Gasteiger partial charge in [-0.1, -0.05) is 18.2 Å². The molecule has 0 aliphatic carbocycles. The van der Waals surface area contributed by atoms with Crippen molar-refractivity contribution in [3.63, 3.8) is 0 Å². The largest absolute Gasteiger partial charge is 0.395 e. The second-order valence-electron chi connectivity index (χ2n) is 3.34. The van der Waals surface area contributed by atoms with Gasteiger partial charge in [-0.15, -0.1) is 11.8 Å². The molecular weight excluding hydrogens is 222 g/mol. The lowest BCUT2D eigenvalue weighted by Crippen LogP contribution is -2.26. The van der Waals surface area contributed by atoms with Gasteiger partial charge in [-0.2, -0.15) is 0 Å². The van der Waals surface area contributed by atoms with Gasteiger partial charge in [0.1, 0.15) is 0 Å². The van der Waals surface area contributed by atoms with Crippen molar-refractivity contribution in [2.75, 3.05) is 18.9 Å². The third kappa shape index (κ3) is 5.78. The highest BCUT2D eigenvalue weighted by atomic mass is 32.2. The van der Waals surface area contributed by atoms with E-state index in [1.165, 1.54) is 4.90 Å². The lowest BCUT2D eigenvalue weighted by molar-refractivity contribution is -0.121. The van der Waals surface area contributed by atoms with Crippen LogP contribution in [0.25, 0.3) is 0 Å². The van der Waals surface area contributed by atoms with Crippen LogP contribution in [-0.2, 0) is 4.79 Å². The van der Waals surface area contributed by atoms with Gasteiger partial charge in [0.25, 0.3) is 0 Å². The number of aliphatic hydroxyl groups is 1. The molecule has 0 unspecified atom stereocenters. The number of carbonyl (C=O) groups is 1. The van der Waals surface area contributed by atoms with Crippen LogP contribution in [0.2, 0.25) is 0 Å². The fourth-order valence-corrected chi connectivity index (χ4v) is 2.10. The van der Waals surface area contributed by atoms with Gasteiger partial charge >= 0.3 is 0 Å². The first-order valence-corrected chi connectivity index (χ1v) is 6.37. The molecule has 4 heteroatoms. The van der Waals surface area contributed by atoms with Crippen molar-refractivity contribution < 1.29 is 9.90 Å². The normalized spacial score (nSPS) is 10.1. The number of thioether (sulfide) groups is 1. The number of benzene rings is 1. The summed E-state index contributed by atoms with van der Waals surface area (Å²) in [5, 5.41) is 11.1. The molecule has 1 amide bonds. The first-order valence-electron chi connectivity index (χ1n) is 5.38. The van der Waals surface area contributed by atoms with Crippen LogP contribution in [0.1, 0.15) is 12.8 Å². The molecule has 0 saturated heterocycles. The minimum absolute atomic E-state index is 0.00447. The van der Waals surface area contributed by atoms with Crippen LogP contribution in [0.3, 0.4) is 0 Å². The third-order valence-corrected chi connectivity index (χ3v) is 3.09. The maximum absolute atomic E-state index is 11.2. The number of rotatable bonds is 7. The van der Waals surface area contributed by atoms with Gasteiger partial charge in [0, 0.05) is 17.9 Å². The van der Waals surface area contributed by atoms with Crippen molar-refractivity contribution >= 4 is 17.7 Å². The molecule has 2 N–H and O–H groups in total. The summed E-state index contributed by atoms with van der Waals surface area (Å²) in [6.45, 7) is 0.356. The van der Waals surface area contributed by atoms with Gasteiger partial charge in [0.15, 0.2) is 0 Å². The molecule has 0 aliphatic rings. The fraction of sp³-hybridized carbons (Fsp3) is 0.417. The summed E-state index contributed by atoms with van der Waals surface area (Å²) in [5.41, 5.74) is 0. The van der Waals surface area contributed by atoms with Crippen LogP contribution in [-0.4, -0.2) is 29.9 Å². The quantitative estimate of drug-likeness (QED) is 0.562. The molecular formula is C12H17NO2S. The maximum Gasteiger partial charge on any atom is 0.220 e. The van der Waals surface area contributed by atoms with E-state index in [1.54, 1.807) is 11.8 Å². The van der Waals surface area contributed by atoms with E-state index in [2.05, 4.69) is 17.4 Å². The van der Waals surface area contributed by atoms with E-state index in [4.69, 9.17) is 5.11 Å². The standard InChI is InChI=1S/C12H17NO2S/c14-9-8-13-12(15)7-4-10-16-11-5-2-1-3-6-11/h1-3,5-6,14H,4,7-10H2,(H,13,15). The Morgan fingerprint density at radius 2 is 2.06 bits per heavy atom. The zero-order valence-corrected chi connectivity index (χ0v) is 10.0. The summed E-state index contributed by atoms with van der Waals surface area (Å²) in [6, 6.07) is 10.1. The van der Waals surface area contributed by atoms with Crippen molar-refractivity contribution in [3.05, 3.63) is 30.3 Å². The van der Waals surface area contributed by atoms with Crippen molar-refractivity contribution in [1.29, 1.82) is 0 Å². The number of amides is 1. The van der Waals surface area contributed by atoms with Gasteiger partial charge in [-0.05, 0) is 24.3 Å². The van der Waals surface area contributed by atoms with Crippen LogP contribution < -0.4 is 5.32 Å². The van der Waals surface area contributed by atoms with E-state index in [1.807, 2.05) is 18.2 Å². The Balaban J connectivity index is 2.06. The molecule has 0 atom stereocenters. The molecule has 0 fully saturated rings. The highest BCUT2D eigenvalue weighted by Gasteiger charge is 2.00. The average molecular weight is 239 g/mol. The number of hydrogen-bond acceptors (Lipinski definition) is 3. The number of hydrogen-bond donors (Lipinski definition) is 2. The van der Waals surface area contributed by atoms with Gasteiger partial charge < -0.3 is 10.4 Å². The van der Waals surface area contributed by atoms with E-state index in [9.17, 15) is 4.79 Å². The lowest BCUT2D eigenvalue weighted by Gasteiger charge is -2.03. The molecule has 0 spiro atoms. The van der Waals surface area contributed by atoms with Crippen LogP contribution >= 0.6 is 11.8 Å². The van der Waals surface area contributed by atoms with E-state index in [-0.39, 0.29) is 12.5 Å². The maximum atomic E-state index is 11.2. The molecule has 0 saturated carbocycles. The van der Waals surface area contributed by atoms with Crippen molar-refractivity contribution in [2.45, 2.75) is 17.7 Å². The summed E-state index contributed by atoms with van der Waals surface area (Å²) >= 11 is 1.76. The zero-order chi connectivity index (χ0) is 11.6. The van der Waals surface area contributed by atoms with E-state index < -0.39 is 0 Å². The number of carbonyl (C=O) groups excluding carboxylic acids is 1. The topological polar surface area (TPSA) is 49.3 Å². The molecule has 0 bridgehead atoms. The van der Waals surface area contributed by atoms with Gasteiger partial charge in [-0.25, -0.2) is 0 Å². The highest BCUT2D eigenvalue weighted by Crippen LogP contribution is 2.18. The van der Waals surface area contributed by atoms with Crippen LogP contribution in [0.15, 0.2) is 35.2 Å². The molecule has 1 rings (SSSR count). The molecule has 88 valence electrons. The Bertz CT molecular complexity index is 303. The van der Waals surface area contributed by atoms with E-state index in [0.29, 0.717) is 13.0 Å². The number of nitrogens with one attached hydrogen (secondary N) is 1. The van der Waals surface area contributed by atoms with Crippen molar-refractivity contribution in [3.8, 4) is 0 Å². The second-order valence-corrected chi connectivity index (χ2v) is 4.51. The predicted octanol–water partition coefficient (Wildman–Crippen LogP) is 1.67. The first kappa shape index (κ1) is 13.1. The molecule has 1 aromatic carbocycles. The molecule has 0 aliphatic heterocycles. The van der Waals surface area contributed by atoms with Gasteiger partial charge in [-0.3, -0.25) is 4.79 Å². The third-order valence-electron chi connectivity index (χ3n) is 1.99.